The van der Waals surface area contributed by atoms with Crippen molar-refractivity contribution in [2.45, 2.75) is 19.9 Å². The second-order valence-corrected chi connectivity index (χ2v) is 7.59. The molecule has 110 valence electrons. The van der Waals surface area contributed by atoms with Crippen LogP contribution in [0.2, 0.25) is 0 Å². The van der Waals surface area contributed by atoms with Gasteiger partial charge in [-0.3, -0.25) is 4.68 Å². The van der Waals surface area contributed by atoms with E-state index in [0.29, 0.717) is 5.76 Å². The highest BCUT2D eigenvalue weighted by molar-refractivity contribution is 9.10. The first-order valence-electron chi connectivity index (χ1n) is 6.02. The molecular formula is C12H16BrN3O3S. The monoisotopic (exact) mass is 361 g/mol. The van der Waals surface area contributed by atoms with Crippen molar-refractivity contribution in [1.82, 2.24) is 14.5 Å². The molecule has 0 amide bonds. The van der Waals surface area contributed by atoms with E-state index >= 15 is 0 Å². The van der Waals surface area contributed by atoms with Gasteiger partial charge in [0.25, 0.3) is 0 Å². The molecule has 1 atom stereocenters. The first kappa shape index (κ1) is 15.3. The molecule has 0 aromatic carbocycles. The van der Waals surface area contributed by atoms with Gasteiger partial charge in [0.1, 0.15) is 16.5 Å². The maximum absolute atomic E-state index is 11.6. The van der Waals surface area contributed by atoms with E-state index in [-0.39, 0.29) is 17.2 Å². The van der Waals surface area contributed by atoms with E-state index in [1.54, 1.807) is 17.0 Å². The van der Waals surface area contributed by atoms with E-state index in [9.17, 15) is 8.42 Å². The second kappa shape index (κ2) is 6.11. The number of hydrogen-bond donors (Lipinski definition) is 1. The Balaban J connectivity index is 2.29. The number of aryl methyl sites for hydroxylation is 2. The van der Waals surface area contributed by atoms with Crippen LogP contribution in [-0.2, 0) is 10.0 Å². The van der Waals surface area contributed by atoms with Crippen LogP contribution in [0.15, 0.2) is 28.9 Å². The zero-order valence-electron chi connectivity index (χ0n) is 11.2. The molecule has 0 spiro atoms. The van der Waals surface area contributed by atoms with Crippen molar-refractivity contribution in [1.29, 1.82) is 0 Å². The normalized spacial score (nSPS) is 13.6. The van der Waals surface area contributed by atoms with Crippen molar-refractivity contribution < 1.29 is 12.8 Å². The molecule has 20 heavy (non-hydrogen) atoms. The molecule has 2 heterocycles. The van der Waals surface area contributed by atoms with Gasteiger partial charge in [0.05, 0.1) is 12.0 Å². The average Bonchev–Trinajstić information content (AvgIpc) is 3.01. The summed E-state index contributed by atoms with van der Waals surface area (Å²) in [7, 11) is -3.34. The number of hydrogen-bond acceptors (Lipinski definition) is 4. The molecule has 2 aromatic heterocycles. The van der Waals surface area contributed by atoms with E-state index < -0.39 is 10.0 Å². The molecule has 1 N–H and O–H groups in total. The van der Waals surface area contributed by atoms with E-state index in [1.807, 2.05) is 26.0 Å². The molecule has 2 rings (SSSR count). The first-order chi connectivity index (χ1) is 9.43. The Kier molecular flexibility index (Phi) is 4.66. The molecule has 0 aliphatic carbocycles. The van der Waals surface area contributed by atoms with Gasteiger partial charge in [-0.25, -0.2) is 13.1 Å². The van der Waals surface area contributed by atoms with E-state index in [0.717, 1.165) is 11.4 Å². The molecule has 0 saturated heterocycles. The number of nitrogens with one attached hydrogen (secondary N) is 1. The molecule has 2 aromatic rings. The Morgan fingerprint density at radius 3 is 2.75 bits per heavy atom. The van der Waals surface area contributed by atoms with Crippen molar-refractivity contribution in [2.75, 3.05) is 11.2 Å². The minimum Gasteiger partial charge on any atom is -0.467 e. The fourth-order valence-corrected chi connectivity index (χ4v) is 2.97. The third-order valence-corrected chi connectivity index (χ3v) is 5.55. The van der Waals surface area contributed by atoms with Gasteiger partial charge >= 0.3 is 0 Å². The van der Waals surface area contributed by atoms with Crippen LogP contribution in [0.3, 0.4) is 0 Å². The molecular weight excluding hydrogens is 346 g/mol. The summed E-state index contributed by atoms with van der Waals surface area (Å²) >= 11 is 2.95. The topological polar surface area (TPSA) is 77.1 Å². The lowest BCUT2D eigenvalue weighted by atomic mass is 10.2. The maximum atomic E-state index is 11.6. The van der Waals surface area contributed by atoms with E-state index in [2.05, 4.69) is 25.8 Å². The minimum atomic E-state index is -3.34. The molecule has 0 bridgehead atoms. The highest BCUT2D eigenvalue weighted by Gasteiger charge is 2.21. The summed E-state index contributed by atoms with van der Waals surface area (Å²) in [5.74, 6) is 0.661. The zero-order valence-corrected chi connectivity index (χ0v) is 13.6. The minimum absolute atomic E-state index is 0.137. The summed E-state index contributed by atoms with van der Waals surface area (Å²) in [6.07, 6.45) is 1.56. The van der Waals surface area contributed by atoms with Crippen LogP contribution in [0.25, 0.3) is 0 Å². The van der Waals surface area contributed by atoms with Gasteiger partial charge in [-0.2, -0.15) is 5.10 Å². The summed E-state index contributed by atoms with van der Waals surface area (Å²) in [6.45, 7) is 4.00. The Labute approximate surface area is 126 Å². The highest BCUT2D eigenvalue weighted by Crippen LogP contribution is 2.20. The largest absolute Gasteiger partial charge is 0.467 e. The number of aromatic nitrogens is 2. The van der Waals surface area contributed by atoms with Crippen LogP contribution in [0.4, 0.5) is 0 Å². The van der Waals surface area contributed by atoms with Gasteiger partial charge in [-0.05, 0) is 32.0 Å². The van der Waals surface area contributed by atoms with Crippen molar-refractivity contribution in [3.8, 4) is 0 Å². The Morgan fingerprint density at radius 2 is 2.25 bits per heavy atom. The smallest absolute Gasteiger partial charge is 0.221 e. The predicted octanol–water partition coefficient (Wildman–Crippen LogP) is 1.95. The summed E-state index contributed by atoms with van der Waals surface area (Å²) in [6, 6.07) is 5.21. The van der Waals surface area contributed by atoms with Crippen LogP contribution < -0.4 is 4.72 Å². The SMILES string of the molecule is Cc1cc(C)n(C(CNS(=O)(=O)CBr)c2ccco2)n1. The predicted molar refractivity (Wildman–Crippen MR) is 79.3 cm³/mol. The molecule has 1 unspecified atom stereocenters. The Hall–Kier alpha value is -1.12. The average molecular weight is 362 g/mol. The maximum Gasteiger partial charge on any atom is 0.221 e. The van der Waals surface area contributed by atoms with Crippen LogP contribution in [-0.4, -0.2) is 29.4 Å². The number of rotatable bonds is 6. The molecule has 0 saturated carbocycles. The molecule has 0 aliphatic heterocycles. The van der Waals surface area contributed by atoms with Crippen molar-refractivity contribution in [3.05, 3.63) is 41.6 Å². The first-order valence-corrected chi connectivity index (χ1v) is 8.80. The van der Waals surface area contributed by atoms with Crippen LogP contribution in [0.5, 0.6) is 0 Å². The summed E-state index contributed by atoms with van der Waals surface area (Å²) in [5, 5.41) is 4.40. The third-order valence-electron chi connectivity index (χ3n) is 2.85. The number of sulfonamides is 1. The lowest BCUT2D eigenvalue weighted by Crippen LogP contribution is -2.32. The van der Waals surface area contributed by atoms with Crippen LogP contribution >= 0.6 is 15.9 Å². The van der Waals surface area contributed by atoms with Crippen LogP contribution in [0, 0.1) is 13.8 Å². The lowest BCUT2D eigenvalue weighted by molar-refractivity contribution is 0.397. The van der Waals surface area contributed by atoms with E-state index in [1.165, 1.54) is 0 Å². The number of halogens is 1. The van der Waals surface area contributed by atoms with Gasteiger partial charge in [0.15, 0.2) is 0 Å². The quantitative estimate of drug-likeness (QED) is 0.797. The summed E-state index contributed by atoms with van der Waals surface area (Å²) in [4.78, 5) is 0. The number of nitrogens with zero attached hydrogens (tertiary/aromatic N) is 2. The Morgan fingerprint density at radius 1 is 1.50 bits per heavy atom. The van der Waals surface area contributed by atoms with Crippen LogP contribution in [0.1, 0.15) is 23.2 Å². The van der Waals surface area contributed by atoms with Gasteiger partial charge in [0, 0.05) is 12.2 Å². The Bertz CT molecular complexity index is 664. The zero-order chi connectivity index (χ0) is 14.8. The molecule has 8 heteroatoms. The number of furan rings is 1. The van der Waals surface area contributed by atoms with Crippen molar-refractivity contribution in [2.24, 2.45) is 0 Å². The van der Waals surface area contributed by atoms with Crippen molar-refractivity contribution >= 4 is 26.0 Å². The summed E-state index contributed by atoms with van der Waals surface area (Å²) < 4.78 is 32.7. The standard InChI is InChI=1S/C12H16BrN3O3S/c1-9-6-10(2)16(15-9)11(12-4-3-5-19-12)7-14-20(17,18)8-13/h3-6,11,14H,7-8H2,1-2H3. The fourth-order valence-electron chi connectivity index (χ4n) is 1.99. The van der Waals surface area contributed by atoms with Gasteiger partial charge in [-0.15, -0.1) is 0 Å². The van der Waals surface area contributed by atoms with Gasteiger partial charge in [-0.1, -0.05) is 15.9 Å². The van der Waals surface area contributed by atoms with Gasteiger partial charge < -0.3 is 4.42 Å². The second-order valence-electron chi connectivity index (χ2n) is 4.48. The fraction of sp³-hybridized carbons (Fsp3) is 0.417. The lowest BCUT2D eigenvalue weighted by Gasteiger charge is -2.17. The highest BCUT2D eigenvalue weighted by atomic mass is 79.9. The molecule has 0 fully saturated rings. The molecule has 6 nitrogen and oxygen atoms in total. The van der Waals surface area contributed by atoms with Crippen molar-refractivity contribution in [3.63, 3.8) is 0 Å². The van der Waals surface area contributed by atoms with E-state index in [4.69, 9.17) is 4.42 Å². The molecule has 0 radical (unpaired) electrons. The third kappa shape index (κ3) is 3.50. The summed E-state index contributed by atoms with van der Waals surface area (Å²) in [5.41, 5.74) is 1.82. The van der Waals surface area contributed by atoms with Gasteiger partial charge in [0.2, 0.25) is 10.0 Å². The molecule has 0 aliphatic rings. The number of alkyl halides is 1.